The largest absolute Gasteiger partial charge is 0.349 e. The molecule has 0 bridgehead atoms. The third-order valence-corrected chi connectivity index (χ3v) is 7.29. The first-order valence-corrected chi connectivity index (χ1v) is 12.8. The zero-order valence-electron chi connectivity index (χ0n) is 18.0. The Bertz CT molecular complexity index is 1440. The zero-order chi connectivity index (χ0) is 24.3. The maximum Gasteiger partial charge on any atom is 0.264 e. The van der Waals surface area contributed by atoms with E-state index >= 15 is 0 Å². The smallest absolute Gasteiger partial charge is 0.264 e. The summed E-state index contributed by atoms with van der Waals surface area (Å²) in [5, 5.41) is 3.49. The molecule has 34 heavy (non-hydrogen) atoms. The SMILES string of the molecule is CC(Cc1ccc(Cl)cc1)NC(=O)c1ccc(CF)cc1NS(=O)(=O)c1cccc2nsnc12. The number of rotatable bonds is 8. The molecule has 0 aliphatic rings. The van der Waals surface area contributed by atoms with Gasteiger partial charge in [0.15, 0.2) is 0 Å². The van der Waals surface area contributed by atoms with Gasteiger partial charge < -0.3 is 5.32 Å². The number of alkyl halides is 1. The van der Waals surface area contributed by atoms with E-state index in [4.69, 9.17) is 11.6 Å². The van der Waals surface area contributed by atoms with Gasteiger partial charge in [-0.05, 0) is 60.9 Å². The van der Waals surface area contributed by atoms with Crippen molar-refractivity contribution in [2.75, 3.05) is 4.72 Å². The van der Waals surface area contributed by atoms with E-state index in [-0.39, 0.29) is 33.3 Å². The molecular weight excluding hydrogens is 499 g/mol. The molecule has 1 aromatic heterocycles. The van der Waals surface area contributed by atoms with Crippen molar-refractivity contribution in [3.8, 4) is 0 Å². The molecule has 3 aromatic carbocycles. The average molecular weight is 519 g/mol. The third-order valence-electron chi connectivity index (χ3n) is 5.10. The van der Waals surface area contributed by atoms with E-state index in [0.717, 1.165) is 17.3 Å². The maximum absolute atomic E-state index is 13.3. The molecule has 1 amide bonds. The van der Waals surface area contributed by atoms with Gasteiger partial charge in [-0.3, -0.25) is 9.52 Å². The highest BCUT2D eigenvalue weighted by atomic mass is 35.5. The molecule has 0 spiro atoms. The predicted octanol–water partition coefficient (Wildman–Crippen LogP) is 4.98. The number of aromatic nitrogens is 2. The van der Waals surface area contributed by atoms with Gasteiger partial charge in [-0.25, -0.2) is 12.8 Å². The normalized spacial score (nSPS) is 12.4. The molecule has 11 heteroatoms. The Balaban J connectivity index is 1.60. The molecule has 2 N–H and O–H groups in total. The molecule has 0 aliphatic heterocycles. The second-order valence-corrected chi connectivity index (χ2v) is 10.3. The summed E-state index contributed by atoms with van der Waals surface area (Å²) in [5.41, 5.74) is 1.94. The van der Waals surface area contributed by atoms with Gasteiger partial charge in [0.05, 0.1) is 23.0 Å². The summed E-state index contributed by atoms with van der Waals surface area (Å²) >= 11 is 6.82. The topological polar surface area (TPSA) is 101 Å². The highest BCUT2D eigenvalue weighted by Crippen LogP contribution is 2.26. The van der Waals surface area contributed by atoms with Crippen molar-refractivity contribution in [2.24, 2.45) is 0 Å². The summed E-state index contributed by atoms with van der Waals surface area (Å²) < 4.78 is 50.2. The van der Waals surface area contributed by atoms with Crippen molar-refractivity contribution >= 4 is 56.0 Å². The van der Waals surface area contributed by atoms with E-state index in [1.165, 1.54) is 24.3 Å². The standard InChI is InChI=1S/C23H20ClFN4O3S2/c1-14(11-15-5-8-17(24)9-6-15)26-23(30)18-10-7-16(13-25)12-20(18)29-34(31,32)21-4-2-3-19-22(21)28-33-27-19/h2-10,12,14,29H,11,13H2,1H3,(H,26,30). The van der Waals surface area contributed by atoms with Crippen LogP contribution in [0.25, 0.3) is 11.0 Å². The molecule has 1 heterocycles. The van der Waals surface area contributed by atoms with Crippen molar-refractivity contribution in [1.82, 2.24) is 14.1 Å². The summed E-state index contributed by atoms with van der Waals surface area (Å²) in [7, 11) is -4.13. The molecule has 176 valence electrons. The van der Waals surface area contributed by atoms with Crippen molar-refractivity contribution in [1.29, 1.82) is 0 Å². The first-order chi connectivity index (χ1) is 16.3. The first-order valence-electron chi connectivity index (χ1n) is 10.2. The van der Waals surface area contributed by atoms with Crippen LogP contribution in [-0.2, 0) is 23.1 Å². The van der Waals surface area contributed by atoms with E-state index in [1.54, 1.807) is 24.3 Å². The van der Waals surface area contributed by atoms with Gasteiger partial charge in [-0.15, -0.1) is 0 Å². The summed E-state index contributed by atoms with van der Waals surface area (Å²) in [5.74, 6) is -0.488. The molecule has 0 radical (unpaired) electrons. The zero-order valence-corrected chi connectivity index (χ0v) is 20.3. The monoisotopic (exact) mass is 518 g/mol. The fraction of sp³-hybridized carbons (Fsp3) is 0.174. The van der Waals surface area contributed by atoms with Crippen molar-refractivity contribution in [3.63, 3.8) is 0 Å². The van der Waals surface area contributed by atoms with E-state index in [2.05, 4.69) is 18.8 Å². The van der Waals surface area contributed by atoms with Crippen LogP contribution in [-0.4, -0.2) is 29.1 Å². The molecule has 1 unspecified atom stereocenters. The maximum atomic E-state index is 13.3. The van der Waals surface area contributed by atoms with Gasteiger partial charge in [0.2, 0.25) is 0 Å². The van der Waals surface area contributed by atoms with Crippen LogP contribution in [0.4, 0.5) is 10.1 Å². The number of halogens is 2. The number of amides is 1. The Morgan fingerprint density at radius 2 is 1.82 bits per heavy atom. The average Bonchev–Trinajstić information content (AvgIpc) is 3.29. The third kappa shape index (κ3) is 5.35. The second kappa shape index (κ2) is 10.0. The number of sulfonamides is 1. The lowest BCUT2D eigenvalue weighted by atomic mass is 10.1. The fourth-order valence-electron chi connectivity index (χ4n) is 3.48. The number of nitrogens with one attached hydrogen (secondary N) is 2. The Kier molecular flexibility index (Phi) is 7.11. The van der Waals surface area contributed by atoms with Gasteiger partial charge in [-0.1, -0.05) is 35.9 Å². The van der Waals surface area contributed by atoms with Crippen molar-refractivity contribution in [2.45, 2.75) is 31.0 Å². The Hall–Kier alpha value is -3.08. The molecule has 4 aromatic rings. The summed E-state index contributed by atoms with van der Waals surface area (Å²) in [6, 6.07) is 15.8. The molecule has 7 nitrogen and oxygen atoms in total. The summed E-state index contributed by atoms with van der Waals surface area (Å²) in [6.07, 6.45) is 0.547. The first kappa shape index (κ1) is 24.1. The van der Waals surface area contributed by atoms with E-state index in [1.807, 2.05) is 19.1 Å². The Labute approximate surface area is 205 Å². The van der Waals surface area contributed by atoms with E-state index in [0.29, 0.717) is 17.0 Å². The molecule has 1 atom stereocenters. The van der Waals surface area contributed by atoms with Gasteiger partial charge in [0, 0.05) is 11.1 Å². The fourth-order valence-corrected chi connectivity index (χ4v) is 5.45. The molecule has 0 fully saturated rings. The molecular formula is C23H20ClFN4O3S2. The van der Waals surface area contributed by atoms with Crippen molar-refractivity contribution < 1.29 is 17.6 Å². The van der Waals surface area contributed by atoms with Crippen LogP contribution in [0.2, 0.25) is 5.02 Å². The lowest BCUT2D eigenvalue weighted by molar-refractivity contribution is 0.0941. The van der Waals surface area contributed by atoms with Crippen LogP contribution in [0.15, 0.2) is 65.6 Å². The van der Waals surface area contributed by atoms with Crippen LogP contribution >= 0.6 is 23.3 Å². The number of carbonyl (C=O) groups excluding carboxylic acids is 1. The number of benzene rings is 3. The quantitative estimate of drug-likeness (QED) is 0.343. The van der Waals surface area contributed by atoms with Crippen LogP contribution in [0.3, 0.4) is 0 Å². The molecule has 0 aliphatic carbocycles. The minimum Gasteiger partial charge on any atom is -0.349 e. The highest BCUT2D eigenvalue weighted by molar-refractivity contribution is 7.93. The van der Waals surface area contributed by atoms with Crippen LogP contribution in [0.1, 0.15) is 28.4 Å². The highest BCUT2D eigenvalue weighted by Gasteiger charge is 2.23. The number of nitrogens with zero attached hydrogens (tertiary/aromatic N) is 2. The number of hydrogen-bond donors (Lipinski definition) is 2. The van der Waals surface area contributed by atoms with Gasteiger partial charge >= 0.3 is 0 Å². The van der Waals surface area contributed by atoms with Gasteiger partial charge in [0.1, 0.15) is 22.6 Å². The minimum atomic E-state index is -4.13. The summed E-state index contributed by atoms with van der Waals surface area (Å²) in [4.78, 5) is 13.0. The minimum absolute atomic E-state index is 0.0217. The number of fused-ring (bicyclic) bond motifs is 1. The lowest BCUT2D eigenvalue weighted by Gasteiger charge is -2.17. The Morgan fingerprint density at radius 1 is 1.09 bits per heavy atom. The lowest BCUT2D eigenvalue weighted by Crippen LogP contribution is -2.34. The van der Waals surface area contributed by atoms with Crippen molar-refractivity contribution in [3.05, 3.63) is 82.4 Å². The molecule has 0 saturated heterocycles. The number of anilines is 1. The van der Waals surface area contributed by atoms with E-state index < -0.39 is 22.6 Å². The Morgan fingerprint density at radius 3 is 2.56 bits per heavy atom. The molecule has 0 saturated carbocycles. The van der Waals surface area contributed by atoms with E-state index in [9.17, 15) is 17.6 Å². The van der Waals surface area contributed by atoms with Crippen LogP contribution in [0, 0.1) is 0 Å². The number of hydrogen-bond acceptors (Lipinski definition) is 6. The predicted molar refractivity (Wildman–Crippen MR) is 132 cm³/mol. The van der Waals surface area contributed by atoms with Gasteiger partial charge in [-0.2, -0.15) is 8.75 Å². The van der Waals surface area contributed by atoms with Crippen LogP contribution in [0.5, 0.6) is 0 Å². The number of carbonyl (C=O) groups is 1. The van der Waals surface area contributed by atoms with Gasteiger partial charge in [0.25, 0.3) is 15.9 Å². The van der Waals surface area contributed by atoms with Crippen LogP contribution < -0.4 is 10.0 Å². The second-order valence-electron chi connectivity index (χ2n) is 7.71. The molecule has 4 rings (SSSR count). The summed E-state index contributed by atoms with van der Waals surface area (Å²) in [6.45, 7) is 1.03.